The second-order valence-corrected chi connectivity index (χ2v) is 7.17. The summed E-state index contributed by atoms with van der Waals surface area (Å²) in [6, 6.07) is 6.08. The Hall–Kier alpha value is -1.93. The molecule has 1 aliphatic heterocycles. The number of benzene rings is 1. The molecule has 0 spiro atoms. The highest BCUT2D eigenvalue weighted by atomic mass is 32.2. The number of unbranched alkanes of at least 4 members (excludes halogenated alkanes) is 1. The summed E-state index contributed by atoms with van der Waals surface area (Å²) < 4.78 is 29.5. The second-order valence-electron chi connectivity index (χ2n) is 5.23. The molecule has 0 radical (unpaired) electrons. The van der Waals surface area contributed by atoms with Gasteiger partial charge < -0.3 is 10.1 Å². The molecule has 126 valence electrons. The molecule has 1 aromatic carbocycles. The fourth-order valence-electron chi connectivity index (χ4n) is 2.32. The fourth-order valence-corrected chi connectivity index (χ4v) is 3.77. The van der Waals surface area contributed by atoms with Gasteiger partial charge in [-0.2, -0.15) is 0 Å². The first-order valence-corrected chi connectivity index (χ1v) is 8.99. The van der Waals surface area contributed by atoms with Gasteiger partial charge in [0.2, 0.25) is 15.9 Å². The van der Waals surface area contributed by atoms with Crippen molar-refractivity contribution in [1.82, 2.24) is 5.32 Å². The highest BCUT2D eigenvalue weighted by Gasteiger charge is 2.36. The Bertz CT molecular complexity index is 687. The molecule has 1 saturated heterocycles. The molecular weight excluding hydrogens is 320 g/mol. The maximum atomic E-state index is 12.1. The lowest BCUT2D eigenvalue weighted by molar-refractivity contribution is -0.116. The predicted octanol–water partition coefficient (Wildman–Crippen LogP) is 0.910. The molecule has 1 aliphatic rings. The number of nitrogens with one attached hydrogen (secondary N) is 1. The summed E-state index contributed by atoms with van der Waals surface area (Å²) in [5, 5.41) is 2.76. The Labute approximate surface area is 135 Å². The third-order valence-corrected chi connectivity index (χ3v) is 5.17. The number of anilines is 1. The van der Waals surface area contributed by atoms with Crippen LogP contribution < -0.4 is 9.62 Å². The molecule has 1 aromatic rings. The van der Waals surface area contributed by atoms with Crippen LogP contribution in [0.1, 0.15) is 29.6 Å². The molecule has 8 heteroatoms. The highest BCUT2D eigenvalue weighted by Crippen LogP contribution is 2.25. The minimum Gasteiger partial charge on any atom is -0.385 e. The van der Waals surface area contributed by atoms with E-state index in [0.29, 0.717) is 18.7 Å². The van der Waals surface area contributed by atoms with E-state index in [1.54, 1.807) is 19.2 Å². The Kier molecular flexibility index (Phi) is 5.73. The van der Waals surface area contributed by atoms with E-state index < -0.39 is 15.9 Å². The molecule has 2 amide bonds. The van der Waals surface area contributed by atoms with Crippen molar-refractivity contribution in [2.24, 2.45) is 0 Å². The van der Waals surface area contributed by atoms with Gasteiger partial charge in [0.25, 0.3) is 5.91 Å². The third-order valence-electron chi connectivity index (χ3n) is 3.48. The molecule has 1 N–H and O–H groups in total. The SMILES string of the molecule is COCCCCNC(=O)c1cccc(N2C(=O)CCS2(=O)=O)c1. The highest BCUT2D eigenvalue weighted by molar-refractivity contribution is 7.94. The van der Waals surface area contributed by atoms with Crippen LogP contribution in [0.25, 0.3) is 0 Å². The summed E-state index contributed by atoms with van der Waals surface area (Å²) >= 11 is 0. The zero-order valence-electron chi connectivity index (χ0n) is 12.9. The van der Waals surface area contributed by atoms with Gasteiger partial charge in [-0.3, -0.25) is 9.59 Å². The van der Waals surface area contributed by atoms with Gasteiger partial charge in [0.1, 0.15) is 0 Å². The van der Waals surface area contributed by atoms with Crippen LogP contribution in [0.4, 0.5) is 5.69 Å². The topological polar surface area (TPSA) is 92.8 Å². The minimum absolute atomic E-state index is 0.0295. The first-order chi connectivity index (χ1) is 11.0. The molecule has 0 saturated carbocycles. The summed E-state index contributed by atoms with van der Waals surface area (Å²) in [6.45, 7) is 1.15. The van der Waals surface area contributed by atoms with Gasteiger partial charge in [-0.05, 0) is 31.0 Å². The number of hydrogen-bond donors (Lipinski definition) is 1. The Balaban J connectivity index is 2.05. The summed E-state index contributed by atoms with van der Waals surface area (Å²) in [6.07, 6.45) is 1.61. The molecule has 0 aromatic heterocycles. The second kappa shape index (κ2) is 7.56. The van der Waals surface area contributed by atoms with Crippen molar-refractivity contribution < 1.29 is 22.7 Å². The zero-order valence-corrected chi connectivity index (χ0v) is 13.8. The molecule has 0 unspecified atom stereocenters. The zero-order chi connectivity index (χ0) is 16.9. The van der Waals surface area contributed by atoms with E-state index in [4.69, 9.17) is 4.74 Å². The van der Waals surface area contributed by atoms with E-state index in [-0.39, 0.29) is 23.8 Å². The molecular formula is C15H20N2O5S. The van der Waals surface area contributed by atoms with Crippen LogP contribution in [0.5, 0.6) is 0 Å². The van der Waals surface area contributed by atoms with Gasteiger partial charge in [-0.25, -0.2) is 12.7 Å². The standard InChI is InChI=1S/C15H20N2O5S/c1-22-9-3-2-8-16-15(19)12-5-4-6-13(11-12)17-14(18)7-10-23(17,20)21/h4-6,11H,2-3,7-10H2,1H3,(H,16,19). The quantitative estimate of drug-likeness (QED) is 0.745. The number of sulfonamides is 1. The first kappa shape index (κ1) is 17.4. The summed E-state index contributed by atoms with van der Waals surface area (Å²) in [4.78, 5) is 23.9. The van der Waals surface area contributed by atoms with Gasteiger partial charge >= 0.3 is 0 Å². The van der Waals surface area contributed by atoms with E-state index in [2.05, 4.69) is 5.32 Å². The van der Waals surface area contributed by atoms with E-state index >= 15 is 0 Å². The monoisotopic (exact) mass is 340 g/mol. The van der Waals surface area contributed by atoms with Crippen molar-refractivity contribution in [3.8, 4) is 0 Å². The average Bonchev–Trinajstić information content (AvgIpc) is 2.80. The summed E-state index contributed by atoms with van der Waals surface area (Å²) in [5.74, 6) is -0.961. The van der Waals surface area contributed by atoms with Crippen LogP contribution in [0, 0.1) is 0 Å². The maximum Gasteiger partial charge on any atom is 0.251 e. The van der Waals surface area contributed by atoms with E-state index in [0.717, 1.165) is 17.1 Å². The van der Waals surface area contributed by atoms with E-state index in [1.165, 1.54) is 12.1 Å². The van der Waals surface area contributed by atoms with Crippen molar-refractivity contribution in [2.45, 2.75) is 19.3 Å². The summed E-state index contributed by atoms with van der Waals surface area (Å²) in [7, 11) is -2.00. The number of nitrogens with zero attached hydrogens (tertiary/aromatic N) is 1. The van der Waals surface area contributed by atoms with Crippen LogP contribution in [0.15, 0.2) is 24.3 Å². The molecule has 0 bridgehead atoms. The number of rotatable bonds is 7. The van der Waals surface area contributed by atoms with Gasteiger partial charge in [-0.1, -0.05) is 6.07 Å². The van der Waals surface area contributed by atoms with Gasteiger partial charge in [0, 0.05) is 32.2 Å². The number of ether oxygens (including phenoxy) is 1. The van der Waals surface area contributed by atoms with Gasteiger partial charge in [-0.15, -0.1) is 0 Å². The molecule has 23 heavy (non-hydrogen) atoms. The summed E-state index contributed by atoms with van der Waals surface area (Å²) in [5.41, 5.74) is 0.531. The predicted molar refractivity (Wildman–Crippen MR) is 85.8 cm³/mol. The molecule has 1 fully saturated rings. The molecule has 7 nitrogen and oxygen atoms in total. The van der Waals surface area contributed by atoms with Crippen LogP contribution in [0.3, 0.4) is 0 Å². The van der Waals surface area contributed by atoms with Crippen LogP contribution in [-0.4, -0.2) is 46.2 Å². The number of carbonyl (C=O) groups excluding carboxylic acids is 2. The number of carbonyl (C=O) groups is 2. The third kappa shape index (κ3) is 4.29. The van der Waals surface area contributed by atoms with E-state index in [1.807, 2.05) is 0 Å². The fraction of sp³-hybridized carbons (Fsp3) is 0.467. The minimum atomic E-state index is -3.62. The maximum absolute atomic E-state index is 12.1. The van der Waals surface area contributed by atoms with Gasteiger partial charge in [0.05, 0.1) is 11.4 Å². The van der Waals surface area contributed by atoms with E-state index in [9.17, 15) is 18.0 Å². The largest absolute Gasteiger partial charge is 0.385 e. The van der Waals surface area contributed by atoms with Crippen molar-refractivity contribution >= 4 is 27.5 Å². The average molecular weight is 340 g/mol. The van der Waals surface area contributed by atoms with Crippen LogP contribution >= 0.6 is 0 Å². The van der Waals surface area contributed by atoms with Crippen molar-refractivity contribution in [3.05, 3.63) is 29.8 Å². The van der Waals surface area contributed by atoms with Crippen LogP contribution in [-0.2, 0) is 19.6 Å². The number of amides is 2. The van der Waals surface area contributed by atoms with Crippen molar-refractivity contribution in [3.63, 3.8) is 0 Å². The Morgan fingerprint density at radius 3 is 2.78 bits per heavy atom. The molecule has 2 rings (SSSR count). The smallest absolute Gasteiger partial charge is 0.251 e. The molecule has 1 heterocycles. The Morgan fingerprint density at radius 2 is 2.13 bits per heavy atom. The lowest BCUT2D eigenvalue weighted by Gasteiger charge is -2.15. The lowest BCUT2D eigenvalue weighted by atomic mass is 10.2. The number of methoxy groups -OCH3 is 1. The Morgan fingerprint density at radius 1 is 1.35 bits per heavy atom. The van der Waals surface area contributed by atoms with Gasteiger partial charge in [0.15, 0.2) is 0 Å². The lowest BCUT2D eigenvalue weighted by Crippen LogP contribution is -2.30. The van der Waals surface area contributed by atoms with Crippen LogP contribution in [0.2, 0.25) is 0 Å². The molecule has 0 atom stereocenters. The number of hydrogen-bond acceptors (Lipinski definition) is 5. The van der Waals surface area contributed by atoms with Crippen molar-refractivity contribution in [1.29, 1.82) is 0 Å². The first-order valence-electron chi connectivity index (χ1n) is 7.39. The normalized spacial score (nSPS) is 16.6. The molecule has 0 aliphatic carbocycles. The van der Waals surface area contributed by atoms with Crippen molar-refractivity contribution in [2.75, 3.05) is 30.3 Å².